The maximum absolute atomic E-state index is 12.7. The van der Waals surface area contributed by atoms with Gasteiger partial charge in [0.05, 0.1) is 13.2 Å². The quantitative estimate of drug-likeness (QED) is 0.797. The summed E-state index contributed by atoms with van der Waals surface area (Å²) in [6.45, 7) is 6.74. The second kappa shape index (κ2) is 8.96. The average molecular weight is 425 g/mol. The van der Waals surface area contributed by atoms with Gasteiger partial charge in [0.2, 0.25) is 0 Å². The second-order valence-corrected chi connectivity index (χ2v) is 9.39. The van der Waals surface area contributed by atoms with Crippen LogP contribution in [-0.2, 0) is 4.74 Å². The summed E-state index contributed by atoms with van der Waals surface area (Å²) in [7, 11) is 0. The summed E-state index contributed by atoms with van der Waals surface area (Å²) in [5, 5.41) is 4.23. The lowest BCUT2D eigenvalue weighted by Crippen LogP contribution is -2.57. The van der Waals surface area contributed by atoms with Crippen LogP contribution < -0.4 is 10.2 Å². The van der Waals surface area contributed by atoms with Crippen molar-refractivity contribution in [1.82, 2.24) is 15.2 Å². The molecule has 4 saturated heterocycles. The van der Waals surface area contributed by atoms with Crippen molar-refractivity contribution in [2.45, 2.75) is 28.8 Å². The number of amides is 1. The Kier molecular flexibility index (Phi) is 5.93. The molecule has 2 bridgehead atoms. The smallest absolute Gasteiger partial charge is 0.251 e. The Hall–Kier alpha value is -2.09. The van der Waals surface area contributed by atoms with Crippen molar-refractivity contribution in [3.8, 4) is 0 Å². The van der Waals surface area contributed by atoms with Crippen LogP contribution in [0.25, 0.3) is 0 Å². The summed E-state index contributed by atoms with van der Waals surface area (Å²) in [6.07, 6.45) is 4.27. The van der Waals surface area contributed by atoms with Gasteiger partial charge in [0.1, 0.15) is 5.03 Å². The van der Waals surface area contributed by atoms with E-state index < -0.39 is 0 Å². The summed E-state index contributed by atoms with van der Waals surface area (Å²) in [5.41, 5.74) is 1.91. The van der Waals surface area contributed by atoms with Gasteiger partial charge in [-0.15, -0.1) is 0 Å². The van der Waals surface area contributed by atoms with Gasteiger partial charge < -0.3 is 19.9 Å². The molecule has 4 fully saturated rings. The summed E-state index contributed by atoms with van der Waals surface area (Å²) in [6, 6.07) is 12.3. The molecule has 6 rings (SSSR count). The normalized spacial score (nSPS) is 25.9. The molecule has 4 aliphatic rings. The topological polar surface area (TPSA) is 57.7 Å². The Morgan fingerprint density at radius 3 is 2.53 bits per heavy atom. The molecule has 30 heavy (non-hydrogen) atoms. The van der Waals surface area contributed by atoms with Gasteiger partial charge in [0, 0.05) is 48.0 Å². The predicted octanol–water partition coefficient (Wildman–Crippen LogP) is 2.89. The molecule has 6 nitrogen and oxygen atoms in total. The monoisotopic (exact) mass is 424 g/mol. The number of hydrogen-bond acceptors (Lipinski definition) is 6. The molecule has 5 heterocycles. The highest BCUT2D eigenvalue weighted by Gasteiger charge is 2.34. The third-order valence-electron chi connectivity index (χ3n) is 6.41. The summed E-state index contributed by atoms with van der Waals surface area (Å²) >= 11 is 1.62. The van der Waals surface area contributed by atoms with E-state index in [0.717, 1.165) is 48.3 Å². The zero-order valence-electron chi connectivity index (χ0n) is 17.1. The first kappa shape index (κ1) is 19.8. The number of nitrogens with one attached hydrogen (secondary N) is 1. The van der Waals surface area contributed by atoms with E-state index in [9.17, 15) is 4.79 Å². The van der Waals surface area contributed by atoms with Crippen molar-refractivity contribution in [2.24, 2.45) is 5.92 Å². The Bertz CT molecular complexity index is 877. The highest BCUT2D eigenvalue weighted by Crippen LogP contribution is 2.30. The van der Waals surface area contributed by atoms with Gasteiger partial charge in [-0.3, -0.25) is 4.79 Å². The van der Waals surface area contributed by atoms with Crippen LogP contribution in [0.5, 0.6) is 0 Å². The van der Waals surface area contributed by atoms with E-state index in [1.807, 2.05) is 30.5 Å². The molecule has 0 unspecified atom stereocenters. The van der Waals surface area contributed by atoms with Crippen LogP contribution in [-0.4, -0.2) is 67.8 Å². The minimum atomic E-state index is 0.0396. The molecular formula is C23H28N4O2S. The minimum Gasteiger partial charge on any atom is -0.378 e. The van der Waals surface area contributed by atoms with Crippen LogP contribution in [0.2, 0.25) is 0 Å². The number of aromatic nitrogens is 1. The summed E-state index contributed by atoms with van der Waals surface area (Å²) in [4.78, 5) is 23.1. The molecule has 0 spiro atoms. The predicted molar refractivity (Wildman–Crippen MR) is 118 cm³/mol. The van der Waals surface area contributed by atoms with Crippen molar-refractivity contribution in [3.05, 3.63) is 48.2 Å². The number of benzene rings is 1. The molecule has 7 heteroatoms. The van der Waals surface area contributed by atoms with Gasteiger partial charge in [-0.25, -0.2) is 4.98 Å². The van der Waals surface area contributed by atoms with Gasteiger partial charge in [0.25, 0.3) is 5.91 Å². The number of hydrogen-bond donors (Lipinski definition) is 1. The number of pyridine rings is 1. The lowest BCUT2D eigenvalue weighted by molar-refractivity contribution is 0.0620. The number of carbonyl (C=O) groups is 1. The number of nitrogens with zero attached hydrogens (tertiary/aromatic N) is 3. The maximum atomic E-state index is 12.7. The van der Waals surface area contributed by atoms with E-state index in [0.29, 0.717) is 12.0 Å². The fourth-order valence-electron chi connectivity index (χ4n) is 4.65. The highest BCUT2D eigenvalue weighted by atomic mass is 32.2. The summed E-state index contributed by atoms with van der Waals surface area (Å²) < 4.78 is 5.44. The Morgan fingerprint density at radius 2 is 1.83 bits per heavy atom. The summed E-state index contributed by atoms with van der Waals surface area (Å²) in [5.74, 6) is 0.677. The molecular weight excluding hydrogens is 396 g/mol. The average Bonchev–Trinajstić information content (AvgIpc) is 2.81. The second-order valence-electron chi connectivity index (χ2n) is 8.30. The number of carbonyl (C=O) groups excluding carboxylic acids is 1. The van der Waals surface area contributed by atoms with Crippen LogP contribution in [0.4, 0.5) is 5.69 Å². The number of ether oxygens (including phenoxy) is 1. The van der Waals surface area contributed by atoms with Crippen LogP contribution >= 0.6 is 11.8 Å². The fourth-order valence-corrected chi connectivity index (χ4v) is 5.46. The standard InChI is InChI=1S/C23H28N4O2S/c28-23(25-21-16-26-9-6-17(21)7-10-26)18-1-3-20(4-2-18)30-22-15-19(5-8-24-22)27-11-13-29-14-12-27/h1-5,8,15,17,21H,6-7,9-14,16H2,(H,25,28)/t21-/m0/s1. The van der Waals surface area contributed by atoms with Crippen LogP contribution in [0.1, 0.15) is 23.2 Å². The third-order valence-corrected chi connectivity index (χ3v) is 7.35. The molecule has 4 aliphatic heterocycles. The van der Waals surface area contributed by atoms with E-state index in [2.05, 4.69) is 32.2 Å². The molecule has 1 amide bonds. The molecule has 158 valence electrons. The maximum Gasteiger partial charge on any atom is 0.251 e. The van der Waals surface area contributed by atoms with E-state index in [-0.39, 0.29) is 5.91 Å². The van der Waals surface area contributed by atoms with E-state index in [1.165, 1.54) is 31.6 Å². The van der Waals surface area contributed by atoms with Crippen molar-refractivity contribution >= 4 is 23.4 Å². The van der Waals surface area contributed by atoms with Gasteiger partial charge in [-0.05, 0) is 68.2 Å². The molecule has 1 aromatic carbocycles. The first-order chi connectivity index (χ1) is 14.7. The number of morpholine rings is 1. The number of piperidine rings is 3. The van der Waals surface area contributed by atoms with Crippen molar-refractivity contribution in [3.63, 3.8) is 0 Å². The zero-order valence-corrected chi connectivity index (χ0v) is 17.9. The van der Waals surface area contributed by atoms with E-state index in [1.54, 1.807) is 11.8 Å². The lowest BCUT2D eigenvalue weighted by atomic mass is 9.84. The van der Waals surface area contributed by atoms with Gasteiger partial charge in [-0.1, -0.05) is 11.8 Å². The lowest BCUT2D eigenvalue weighted by Gasteiger charge is -2.44. The SMILES string of the molecule is O=C(N[C@H]1CN2CCC1CC2)c1ccc(Sc2cc(N3CCOCC3)ccn2)cc1. The molecule has 1 atom stereocenters. The fraction of sp³-hybridized carbons (Fsp3) is 0.478. The molecule has 2 aromatic rings. The van der Waals surface area contributed by atoms with Gasteiger partial charge in [0.15, 0.2) is 0 Å². The molecule has 0 aliphatic carbocycles. The van der Waals surface area contributed by atoms with Crippen molar-refractivity contribution in [1.29, 1.82) is 0 Å². The minimum absolute atomic E-state index is 0.0396. The zero-order chi connectivity index (χ0) is 20.3. The highest BCUT2D eigenvalue weighted by molar-refractivity contribution is 7.99. The van der Waals surface area contributed by atoms with E-state index >= 15 is 0 Å². The van der Waals surface area contributed by atoms with E-state index in [4.69, 9.17) is 4.74 Å². The number of anilines is 1. The Labute approximate surface area is 182 Å². The van der Waals surface area contributed by atoms with Crippen molar-refractivity contribution in [2.75, 3.05) is 50.8 Å². The van der Waals surface area contributed by atoms with Crippen molar-refractivity contribution < 1.29 is 9.53 Å². The first-order valence-electron chi connectivity index (χ1n) is 10.8. The van der Waals surface area contributed by atoms with Gasteiger partial charge >= 0.3 is 0 Å². The number of fused-ring (bicyclic) bond motifs is 3. The Balaban J connectivity index is 1.20. The largest absolute Gasteiger partial charge is 0.378 e. The molecule has 1 N–H and O–H groups in total. The Morgan fingerprint density at radius 1 is 1.07 bits per heavy atom. The first-order valence-corrected chi connectivity index (χ1v) is 11.7. The third kappa shape index (κ3) is 4.48. The van der Waals surface area contributed by atoms with Crippen LogP contribution in [0.3, 0.4) is 0 Å². The number of rotatable bonds is 5. The van der Waals surface area contributed by atoms with Crippen LogP contribution in [0.15, 0.2) is 52.5 Å². The van der Waals surface area contributed by atoms with Gasteiger partial charge in [-0.2, -0.15) is 0 Å². The molecule has 0 radical (unpaired) electrons. The molecule has 1 aromatic heterocycles. The molecule has 0 saturated carbocycles. The van der Waals surface area contributed by atoms with Crippen LogP contribution in [0, 0.1) is 5.92 Å².